The van der Waals surface area contributed by atoms with Crippen LogP contribution in [0.3, 0.4) is 0 Å². The molecule has 4 unspecified atom stereocenters. The molecule has 4 nitrogen and oxygen atoms in total. The van der Waals surface area contributed by atoms with Crippen LogP contribution in [-0.4, -0.2) is 23.9 Å². The molecule has 1 aromatic rings. The molecular formula is C23H34N2O2. The van der Waals surface area contributed by atoms with Crippen LogP contribution in [0.5, 0.6) is 0 Å². The van der Waals surface area contributed by atoms with Gasteiger partial charge in [0.2, 0.25) is 0 Å². The maximum atomic E-state index is 12.8. The van der Waals surface area contributed by atoms with E-state index in [4.69, 9.17) is 0 Å². The summed E-state index contributed by atoms with van der Waals surface area (Å²) in [6.45, 7) is 6.37. The van der Waals surface area contributed by atoms with E-state index >= 15 is 0 Å². The van der Waals surface area contributed by atoms with E-state index < -0.39 is 0 Å². The number of hydrogen-bond acceptors (Lipinski definition) is 2. The zero-order valence-electron chi connectivity index (χ0n) is 17.0. The minimum atomic E-state index is -0.0578. The van der Waals surface area contributed by atoms with Crippen molar-refractivity contribution in [2.75, 3.05) is 0 Å². The molecule has 2 N–H and O–H groups in total. The van der Waals surface area contributed by atoms with Crippen LogP contribution in [0.15, 0.2) is 18.2 Å². The van der Waals surface area contributed by atoms with E-state index in [0.717, 1.165) is 18.4 Å². The second-order valence-electron chi connectivity index (χ2n) is 8.77. The van der Waals surface area contributed by atoms with E-state index in [2.05, 4.69) is 24.5 Å². The number of hydrogen-bond donors (Lipinski definition) is 2. The fourth-order valence-electron chi connectivity index (χ4n) is 4.61. The van der Waals surface area contributed by atoms with Crippen molar-refractivity contribution in [3.8, 4) is 0 Å². The van der Waals surface area contributed by atoms with E-state index in [0.29, 0.717) is 23.0 Å². The van der Waals surface area contributed by atoms with Crippen LogP contribution in [0, 0.1) is 18.8 Å². The molecule has 0 radical (unpaired) electrons. The highest BCUT2D eigenvalue weighted by Crippen LogP contribution is 2.25. The molecule has 0 spiro atoms. The van der Waals surface area contributed by atoms with Gasteiger partial charge in [0.25, 0.3) is 11.8 Å². The predicted molar refractivity (Wildman–Crippen MR) is 109 cm³/mol. The summed E-state index contributed by atoms with van der Waals surface area (Å²) in [6.07, 6.45) is 9.30. The zero-order chi connectivity index (χ0) is 19.4. The molecule has 4 heteroatoms. The van der Waals surface area contributed by atoms with Crippen LogP contribution in [0.4, 0.5) is 0 Å². The van der Waals surface area contributed by atoms with Gasteiger partial charge in [0.15, 0.2) is 0 Å². The fraction of sp³-hybridized carbons (Fsp3) is 0.652. The Balaban J connectivity index is 1.69. The van der Waals surface area contributed by atoms with Crippen LogP contribution >= 0.6 is 0 Å². The first-order valence-corrected chi connectivity index (χ1v) is 10.7. The van der Waals surface area contributed by atoms with E-state index in [1.165, 1.54) is 38.5 Å². The monoisotopic (exact) mass is 370 g/mol. The quantitative estimate of drug-likeness (QED) is 0.813. The lowest BCUT2D eigenvalue weighted by Gasteiger charge is -2.30. The van der Waals surface area contributed by atoms with Gasteiger partial charge in [-0.1, -0.05) is 39.5 Å². The minimum Gasteiger partial charge on any atom is -0.349 e. The standard InChI is InChI=1S/C23H34N2O2/c1-15-12-18(22(26)24-20-10-6-4-8-16(20)2)14-19(13-15)23(27)25-21-11-7-5-9-17(21)3/h12-14,16-17,20-21H,4-11H2,1-3H3,(H,24,26)(H,25,27). The molecule has 0 aliphatic heterocycles. The molecule has 2 saturated carbocycles. The smallest absolute Gasteiger partial charge is 0.251 e. The number of carbonyl (C=O) groups excluding carboxylic acids is 2. The summed E-state index contributed by atoms with van der Waals surface area (Å²) >= 11 is 0. The van der Waals surface area contributed by atoms with Gasteiger partial charge in [0.05, 0.1) is 0 Å². The molecule has 2 aliphatic rings. The Labute approximate surface area is 163 Å². The molecule has 27 heavy (non-hydrogen) atoms. The van der Waals surface area contributed by atoms with Crippen molar-refractivity contribution < 1.29 is 9.59 Å². The molecule has 2 amide bonds. The van der Waals surface area contributed by atoms with Gasteiger partial charge in [-0.05, 0) is 68.2 Å². The highest BCUT2D eigenvalue weighted by molar-refractivity contribution is 6.00. The molecule has 4 atom stereocenters. The molecule has 0 saturated heterocycles. The fourth-order valence-corrected chi connectivity index (χ4v) is 4.61. The average molecular weight is 371 g/mol. The summed E-state index contributed by atoms with van der Waals surface area (Å²) in [7, 11) is 0. The number of carbonyl (C=O) groups is 2. The van der Waals surface area contributed by atoms with E-state index in [1.807, 2.05) is 19.1 Å². The third kappa shape index (κ3) is 5.12. The van der Waals surface area contributed by atoms with Crippen molar-refractivity contribution in [1.82, 2.24) is 10.6 Å². The first-order valence-electron chi connectivity index (χ1n) is 10.7. The van der Waals surface area contributed by atoms with Gasteiger partial charge in [-0.3, -0.25) is 9.59 Å². The van der Waals surface area contributed by atoms with Crippen molar-refractivity contribution in [1.29, 1.82) is 0 Å². The van der Waals surface area contributed by atoms with Gasteiger partial charge in [-0.15, -0.1) is 0 Å². The molecular weight excluding hydrogens is 336 g/mol. The molecule has 3 rings (SSSR count). The van der Waals surface area contributed by atoms with Crippen molar-refractivity contribution in [3.63, 3.8) is 0 Å². The normalized spacial score (nSPS) is 28.4. The van der Waals surface area contributed by atoms with Crippen molar-refractivity contribution >= 4 is 11.8 Å². The lowest BCUT2D eigenvalue weighted by molar-refractivity contribution is 0.0910. The molecule has 148 valence electrons. The number of aryl methyl sites for hydroxylation is 1. The van der Waals surface area contributed by atoms with Gasteiger partial charge < -0.3 is 10.6 Å². The number of benzene rings is 1. The number of rotatable bonds is 4. The Kier molecular flexibility index (Phi) is 6.56. The number of amides is 2. The Bertz CT molecular complexity index is 631. The molecule has 0 aromatic heterocycles. The SMILES string of the molecule is Cc1cc(C(=O)NC2CCCCC2C)cc(C(=O)NC2CCCCC2C)c1. The van der Waals surface area contributed by atoms with Gasteiger partial charge in [0, 0.05) is 23.2 Å². The molecule has 0 bridgehead atoms. The van der Waals surface area contributed by atoms with E-state index in [9.17, 15) is 9.59 Å². The van der Waals surface area contributed by atoms with Gasteiger partial charge in [0.1, 0.15) is 0 Å². The summed E-state index contributed by atoms with van der Waals surface area (Å²) < 4.78 is 0. The number of nitrogens with one attached hydrogen (secondary N) is 2. The summed E-state index contributed by atoms with van der Waals surface area (Å²) in [5.41, 5.74) is 2.13. The van der Waals surface area contributed by atoms with Crippen LogP contribution < -0.4 is 10.6 Å². The second-order valence-corrected chi connectivity index (χ2v) is 8.77. The van der Waals surface area contributed by atoms with E-state index in [1.54, 1.807) is 6.07 Å². The van der Waals surface area contributed by atoms with Crippen LogP contribution in [-0.2, 0) is 0 Å². The average Bonchev–Trinajstić information content (AvgIpc) is 2.65. The Morgan fingerprint density at radius 2 is 1.15 bits per heavy atom. The van der Waals surface area contributed by atoms with Gasteiger partial charge in [-0.25, -0.2) is 0 Å². The van der Waals surface area contributed by atoms with Gasteiger partial charge in [-0.2, -0.15) is 0 Å². The molecule has 1 aromatic carbocycles. The highest BCUT2D eigenvalue weighted by atomic mass is 16.2. The first kappa shape index (κ1) is 19.9. The molecule has 2 fully saturated rings. The predicted octanol–water partition coefficient (Wildman–Crippen LogP) is 4.61. The third-order valence-electron chi connectivity index (χ3n) is 6.46. The second kappa shape index (κ2) is 8.90. The Morgan fingerprint density at radius 1 is 0.741 bits per heavy atom. The van der Waals surface area contributed by atoms with Crippen LogP contribution in [0.25, 0.3) is 0 Å². The summed E-state index contributed by atoms with van der Waals surface area (Å²) in [5, 5.41) is 6.39. The third-order valence-corrected chi connectivity index (χ3v) is 6.46. The van der Waals surface area contributed by atoms with Crippen LogP contribution in [0.2, 0.25) is 0 Å². The lowest BCUT2D eigenvalue weighted by atomic mass is 9.85. The minimum absolute atomic E-state index is 0.0578. The molecule has 0 heterocycles. The van der Waals surface area contributed by atoms with Crippen molar-refractivity contribution in [2.45, 2.75) is 84.2 Å². The Morgan fingerprint density at radius 3 is 1.56 bits per heavy atom. The topological polar surface area (TPSA) is 58.2 Å². The maximum Gasteiger partial charge on any atom is 0.251 e. The van der Waals surface area contributed by atoms with Crippen molar-refractivity contribution in [2.24, 2.45) is 11.8 Å². The largest absolute Gasteiger partial charge is 0.349 e. The highest BCUT2D eigenvalue weighted by Gasteiger charge is 2.25. The Hall–Kier alpha value is -1.84. The van der Waals surface area contributed by atoms with Gasteiger partial charge >= 0.3 is 0 Å². The zero-order valence-corrected chi connectivity index (χ0v) is 17.0. The van der Waals surface area contributed by atoms with Crippen molar-refractivity contribution in [3.05, 3.63) is 34.9 Å². The maximum absolute atomic E-state index is 12.8. The first-order chi connectivity index (χ1) is 12.9. The van der Waals surface area contributed by atoms with Crippen LogP contribution in [0.1, 0.15) is 91.5 Å². The molecule has 2 aliphatic carbocycles. The van der Waals surface area contributed by atoms with E-state index in [-0.39, 0.29) is 23.9 Å². The summed E-state index contributed by atoms with van der Waals surface area (Å²) in [4.78, 5) is 25.6. The summed E-state index contributed by atoms with van der Waals surface area (Å²) in [6, 6.07) is 5.99. The summed E-state index contributed by atoms with van der Waals surface area (Å²) in [5.74, 6) is 0.918. The lowest BCUT2D eigenvalue weighted by Crippen LogP contribution is -2.42.